The van der Waals surface area contributed by atoms with Crippen LogP contribution < -0.4 is 21.3 Å². The number of benzene rings is 1. The first kappa shape index (κ1) is 24.1. The number of nitrogens with one attached hydrogen (secondary N) is 1. The third-order valence-corrected chi connectivity index (χ3v) is 11.1. The lowest BCUT2D eigenvalue weighted by molar-refractivity contribution is 0.0936. The number of aromatic nitrogens is 1. The Kier molecular flexibility index (Phi) is 7.15. The van der Waals surface area contributed by atoms with Gasteiger partial charge < -0.3 is 20.3 Å². The highest BCUT2D eigenvalue weighted by Gasteiger charge is 2.42. The van der Waals surface area contributed by atoms with Crippen molar-refractivity contribution >= 4 is 14.2 Å². The van der Waals surface area contributed by atoms with Crippen LogP contribution in [0.4, 0.5) is 0 Å². The number of hydrogen-bond donors (Lipinski definition) is 2. The molecule has 7 nitrogen and oxygen atoms in total. The highest BCUT2D eigenvalue weighted by Crippen LogP contribution is 2.42. The molecule has 8 heteroatoms. The van der Waals surface area contributed by atoms with Gasteiger partial charge in [-0.05, 0) is 42.0 Å². The number of nitrogens with two attached hydrogens (primary N) is 1. The molecule has 3 N–H and O–H groups in total. The van der Waals surface area contributed by atoms with Gasteiger partial charge in [0.1, 0.15) is 6.61 Å². The molecule has 0 spiro atoms. The lowest BCUT2D eigenvalue weighted by atomic mass is 10.2. The van der Waals surface area contributed by atoms with E-state index in [1.807, 2.05) is 30.3 Å². The zero-order chi connectivity index (χ0) is 23.5. The summed E-state index contributed by atoms with van der Waals surface area (Å²) in [5.74, 6) is 6.34. The summed E-state index contributed by atoms with van der Waals surface area (Å²) in [6.45, 7) is 12.6. The predicted octanol–water partition coefficient (Wildman–Crippen LogP) is 3.53. The number of hydrogen-bond acceptors (Lipinski definition) is 5. The van der Waals surface area contributed by atoms with Gasteiger partial charge >= 0.3 is 0 Å². The monoisotopic (exact) mass is 457 g/mol. The first-order chi connectivity index (χ1) is 15.0. The maximum absolute atomic E-state index is 12.9. The molecule has 1 amide bonds. The van der Waals surface area contributed by atoms with Crippen molar-refractivity contribution in [2.24, 2.45) is 11.8 Å². The Morgan fingerprint density at radius 2 is 1.88 bits per heavy atom. The molecular weight excluding hydrogens is 422 g/mol. The van der Waals surface area contributed by atoms with Gasteiger partial charge in [0.15, 0.2) is 19.8 Å². The number of carbonyl (C=O) groups excluding carboxylic acids is 1. The Labute approximate surface area is 191 Å². The molecule has 1 aliphatic rings. The summed E-state index contributed by atoms with van der Waals surface area (Å²) in [6.07, 6.45) is 2.40. The van der Waals surface area contributed by atoms with Crippen molar-refractivity contribution in [3.63, 3.8) is 0 Å². The number of nitrogen functional groups attached to an aromatic ring is 1. The number of rotatable bonds is 9. The minimum Gasteiger partial charge on any atom is -0.482 e. The normalized spacial score (nSPS) is 18.3. The van der Waals surface area contributed by atoms with Crippen LogP contribution >= 0.6 is 0 Å². The van der Waals surface area contributed by atoms with Crippen LogP contribution in [-0.4, -0.2) is 32.1 Å². The highest BCUT2D eigenvalue weighted by molar-refractivity contribution is 6.74. The zero-order valence-corrected chi connectivity index (χ0v) is 20.7. The van der Waals surface area contributed by atoms with E-state index in [1.54, 1.807) is 0 Å². The molecule has 1 aromatic carbocycles. The predicted molar refractivity (Wildman–Crippen MR) is 129 cm³/mol. The van der Waals surface area contributed by atoms with E-state index in [2.05, 4.69) is 39.2 Å². The number of ether oxygens (including phenoxy) is 1. The summed E-state index contributed by atoms with van der Waals surface area (Å²) < 4.78 is 13.2. The molecule has 2 atom stereocenters. The molecule has 3 rings (SSSR count). The maximum Gasteiger partial charge on any atom is 0.273 e. The van der Waals surface area contributed by atoms with Gasteiger partial charge in [-0.3, -0.25) is 14.3 Å². The number of pyridine rings is 1. The fraction of sp³-hybridized carbons (Fsp3) is 0.500. The van der Waals surface area contributed by atoms with E-state index in [9.17, 15) is 9.59 Å². The van der Waals surface area contributed by atoms with Crippen molar-refractivity contribution in [1.82, 2.24) is 9.99 Å². The molecule has 1 aromatic heterocycles. The Morgan fingerprint density at radius 3 is 2.53 bits per heavy atom. The molecule has 0 saturated heterocycles. The van der Waals surface area contributed by atoms with Crippen LogP contribution in [0.25, 0.3) is 0 Å². The Morgan fingerprint density at radius 1 is 1.19 bits per heavy atom. The number of nitrogens with zero attached hydrogens (tertiary/aromatic N) is 1. The van der Waals surface area contributed by atoms with Crippen LogP contribution in [0.15, 0.2) is 47.4 Å². The smallest absolute Gasteiger partial charge is 0.273 e. The SMILES string of the molecule is CC(C)(C)[Si](C)(C)OCC1CC1CNC(=O)c1c(OCc2ccccc2)c(=O)ccn1N. The largest absolute Gasteiger partial charge is 0.482 e. The summed E-state index contributed by atoms with van der Waals surface area (Å²) in [5, 5.41) is 3.10. The number of amides is 1. The van der Waals surface area contributed by atoms with E-state index >= 15 is 0 Å². The lowest BCUT2D eigenvalue weighted by Gasteiger charge is -2.36. The quantitative estimate of drug-likeness (QED) is 0.444. The van der Waals surface area contributed by atoms with Gasteiger partial charge in [-0.1, -0.05) is 51.1 Å². The molecule has 1 fully saturated rings. The topological polar surface area (TPSA) is 95.6 Å². The van der Waals surface area contributed by atoms with Gasteiger partial charge in [-0.15, -0.1) is 0 Å². The second-order valence-corrected chi connectivity index (χ2v) is 14.9. The third-order valence-electron chi connectivity index (χ3n) is 6.58. The van der Waals surface area contributed by atoms with Crippen molar-refractivity contribution in [2.75, 3.05) is 19.0 Å². The highest BCUT2D eigenvalue weighted by atomic mass is 28.4. The van der Waals surface area contributed by atoms with Crippen LogP contribution in [0.2, 0.25) is 18.1 Å². The minimum atomic E-state index is -1.77. The second-order valence-electron chi connectivity index (χ2n) is 10.1. The molecule has 0 bridgehead atoms. The molecule has 1 heterocycles. The molecule has 174 valence electrons. The molecular formula is C24H35N3O4Si. The van der Waals surface area contributed by atoms with Gasteiger partial charge in [0.05, 0.1) is 0 Å². The standard InChI is InChI=1S/C24H35N3O4Si/c1-24(2,3)32(4,5)31-16-19-13-18(19)14-26-23(29)21-22(20(28)11-12-27(21)25)30-15-17-9-7-6-8-10-17/h6-12,18-19H,13-16,25H2,1-5H3,(H,26,29). The fourth-order valence-electron chi connectivity index (χ4n) is 3.23. The molecule has 0 aliphatic heterocycles. The fourth-order valence-corrected chi connectivity index (χ4v) is 4.29. The second kappa shape index (κ2) is 9.50. The van der Waals surface area contributed by atoms with Gasteiger partial charge in [0.25, 0.3) is 5.91 Å². The Balaban J connectivity index is 1.58. The van der Waals surface area contributed by atoms with Crippen molar-refractivity contribution in [1.29, 1.82) is 0 Å². The van der Waals surface area contributed by atoms with Crippen LogP contribution in [0.5, 0.6) is 5.75 Å². The van der Waals surface area contributed by atoms with Gasteiger partial charge in [0, 0.05) is 25.4 Å². The minimum absolute atomic E-state index is 0.0307. The molecule has 2 aromatic rings. The molecule has 1 saturated carbocycles. The summed E-state index contributed by atoms with van der Waals surface area (Å²) >= 11 is 0. The molecule has 32 heavy (non-hydrogen) atoms. The van der Waals surface area contributed by atoms with Crippen LogP contribution in [0.1, 0.15) is 43.2 Å². The van der Waals surface area contributed by atoms with E-state index in [4.69, 9.17) is 15.0 Å². The average molecular weight is 458 g/mol. The van der Waals surface area contributed by atoms with Crippen molar-refractivity contribution in [3.8, 4) is 5.75 Å². The first-order valence-electron chi connectivity index (χ1n) is 11.1. The summed E-state index contributed by atoms with van der Waals surface area (Å²) in [6, 6.07) is 10.8. The third kappa shape index (κ3) is 5.80. The van der Waals surface area contributed by atoms with Crippen LogP contribution in [-0.2, 0) is 11.0 Å². The number of carbonyl (C=O) groups is 1. The van der Waals surface area contributed by atoms with Gasteiger partial charge in [-0.25, -0.2) is 0 Å². The molecule has 1 aliphatic carbocycles. The zero-order valence-electron chi connectivity index (χ0n) is 19.7. The molecule has 0 radical (unpaired) electrons. The average Bonchev–Trinajstić information content (AvgIpc) is 3.49. The summed E-state index contributed by atoms with van der Waals surface area (Å²) in [7, 11) is -1.77. The lowest BCUT2D eigenvalue weighted by Crippen LogP contribution is -2.41. The van der Waals surface area contributed by atoms with E-state index in [0.29, 0.717) is 18.4 Å². The van der Waals surface area contributed by atoms with Gasteiger partial charge in [0.2, 0.25) is 5.43 Å². The summed E-state index contributed by atoms with van der Waals surface area (Å²) in [4.78, 5) is 25.3. The van der Waals surface area contributed by atoms with Crippen molar-refractivity contribution < 1.29 is 14.0 Å². The van der Waals surface area contributed by atoms with Crippen LogP contribution in [0, 0.1) is 11.8 Å². The van der Waals surface area contributed by atoms with E-state index in [1.165, 1.54) is 12.3 Å². The van der Waals surface area contributed by atoms with Crippen molar-refractivity contribution in [2.45, 2.75) is 51.9 Å². The Bertz CT molecular complexity index is 999. The Hall–Kier alpha value is -2.58. The van der Waals surface area contributed by atoms with E-state index < -0.39 is 14.2 Å². The van der Waals surface area contributed by atoms with E-state index in [-0.39, 0.29) is 28.5 Å². The molecule has 2 unspecified atom stereocenters. The first-order valence-corrected chi connectivity index (χ1v) is 14.0. The van der Waals surface area contributed by atoms with Gasteiger partial charge in [-0.2, -0.15) is 0 Å². The van der Waals surface area contributed by atoms with E-state index in [0.717, 1.165) is 23.3 Å². The van der Waals surface area contributed by atoms with Crippen LogP contribution in [0.3, 0.4) is 0 Å². The van der Waals surface area contributed by atoms with Crippen molar-refractivity contribution in [3.05, 3.63) is 64.1 Å². The summed E-state index contributed by atoms with van der Waals surface area (Å²) in [5.41, 5.74) is 0.552. The maximum atomic E-state index is 12.9.